The number of sulfonamides is 1. The number of anilines is 1. The van der Waals surface area contributed by atoms with Gasteiger partial charge in [0, 0.05) is 62.7 Å². The van der Waals surface area contributed by atoms with Gasteiger partial charge in [-0.3, -0.25) is 9.88 Å². The van der Waals surface area contributed by atoms with Crippen LogP contribution in [0.15, 0.2) is 47.6 Å². The Kier molecular flexibility index (Phi) is 6.14. The summed E-state index contributed by atoms with van der Waals surface area (Å²) < 4.78 is 27.0. The first-order chi connectivity index (χ1) is 14.4. The molecular formula is C20H23ClN6O2S. The lowest BCUT2D eigenvalue weighted by Gasteiger charge is -2.33. The van der Waals surface area contributed by atoms with Gasteiger partial charge in [0.05, 0.1) is 5.52 Å². The highest BCUT2D eigenvalue weighted by Gasteiger charge is 2.28. The molecule has 0 aromatic carbocycles. The summed E-state index contributed by atoms with van der Waals surface area (Å²) in [6.45, 7) is 5.77. The molecule has 3 aromatic rings. The largest absolute Gasteiger partial charge is 0.369 e. The summed E-state index contributed by atoms with van der Waals surface area (Å²) in [6.07, 6.45) is 3.07. The fraction of sp³-hybridized carbons (Fsp3) is 0.350. The molecule has 0 unspecified atom stereocenters. The van der Waals surface area contributed by atoms with Gasteiger partial charge in [-0.25, -0.2) is 18.4 Å². The number of piperazine rings is 1. The zero-order valence-corrected chi connectivity index (χ0v) is 18.2. The van der Waals surface area contributed by atoms with Crippen molar-refractivity contribution in [2.75, 3.05) is 44.6 Å². The second-order valence-electron chi connectivity index (χ2n) is 7.15. The molecule has 4 heterocycles. The van der Waals surface area contributed by atoms with E-state index in [4.69, 9.17) is 11.6 Å². The first kappa shape index (κ1) is 20.9. The van der Waals surface area contributed by atoms with Crippen LogP contribution in [0.2, 0.25) is 5.15 Å². The Balaban J connectivity index is 1.28. The van der Waals surface area contributed by atoms with Crippen LogP contribution in [0, 0.1) is 6.92 Å². The number of fused-ring (bicyclic) bond motifs is 1. The number of rotatable bonds is 6. The molecule has 1 saturated heterocycles. The van der Waals surface area contributed by atoms with Crippen LogP contribution in [0.5, 0.6) is 0 Å². The Morgan fingerprint density at radius 3 is 2.60 bits per heavy atom. The molecule has 3 aromatic heterocycles. The van der Waals surface area contributed by atoms with Gasteiger partial charge in [0.1, 0.15) is 15.9 Å². The second kappa shape index (κ2) is 8.81. The van der Waals surface area contributed by atoms with Crippen LogP contribution in [0.3, 0.4) is 0 Å². The Morgan fingerprint density at radius 2 is 1.87 bits per heavy atom. The van der Waals surface area contributed by atoms with Gasteiger partial charge in [0.15, 0.2) is 0 Å². The van der Waals surface area contributed by atoms with Crippen LogP contribution in [0.25, 0.3) is 10.9 Å². The number of nitrogens with zero attached hydrogens (tertiary/aromatic N) is 5. The maximum atomic E-state index is 12.7. The molecule has 0 amide bonds. The van der Waals surface area contributed by atoms with Crippen molar-refractivity contribution in [1.82, 2.24) is 24.2 Å². The first-order valence-corrected chi connectivity index (χ1v) is 11.6. The normalized spacial score (nSPS) is 16.1. The predicted molar refractivity (Wildman–Crippen MR) is 117 cm³/mol. The van der Waals surface area contributed by atoms with Crippen molar-refractivity contribution in [3.63, 3.8) is 0 Å². The molecule has 8 nitrogen and oxygen atoms in total. The third-order valence-electron chi connectivity index (χ3n) is 5.22. The van der Waals surface area contributed by atoms with Gasteiger partial charge in [-0.15, -0.1) is 0 Å². The molecule has 0 saturated carbocycles. The fourth-order valence-electron chi connectivity index (χ4n) is 3.50. The van der Waals surface area contributed by atoms with Crippen LogP contribution < -0.4 is 5.32 Å². The number of hydrogen-bond donors (Lipinski definition) is 1. The van der Waals surface area contributed by atoms with E-state index in [0.717, 1.165) is 35.5 Å². The van der Waals surface area contributed by atoms with Crippen molar-refractivity contribution in [1.29, 1.82) is 0 Å². The van der Waals surface area contributed by atoms with Crippen molar-refractivity contribution in [3.05, 3.63) is 53.6 Å². The molecule has 0 radical (unpaired) electrons. The van der Waals surface area contributed by atoms with E-state index in [1.165, 1.54) is 22.6 Å². The molecule has 1 aliphatic rings. The van der Waals surface area contributed by atoms with Crippen molar-refractivity contribution in [3.8, 4) is 0 Å². The minimum Gasteiger partial charge on any atom is -0.369 e. The number of nitrogens with one attached hydrogen (secondary N) is 1. The predicted octanol–water partition coefficient (Wildman–Crippen LogP) is 2.41. The quantitative estimate of drug-likeness (QED) is 0.581. The highest BCUT2D eigenvalue weighted by atomic mass is 35.5. The molecule has 158 valence electrons. The van der Waals surface area contributed by atoms with Gasteiger partial charge in [0.25, 0.3) is 0 Å². The van der Waals surface area contributed by atoms with Crippen LogP contribution in [-0.2, 0) is 10.0 Å². The lowest BCUT2D eigenvalue weighted by Crippen LogP contribution is -2.49. The van der Waals surface area contributed by atoms with E-state index in [-0.39, 0.29) is 10.0 Å². The van der Waals surface area contributed by atoms with Gasteiger partial charge in [-0.1, -0.05) is 11.6 Å². The van der Waals surface area contributed by atoms with Crippen LogP contribution >= 0.6 is 11.6 Å². The minimum atomic E-state index is -3.54. The van der Waals surface area contributed by atoms with E-state index in [0.29, 0.717) is 26.2 Å². The molecule has 0 atom stereocenters. The van der Waals surface area contributed by atoms with Crippen molar-refractivity contribution in [2.24, 2.45) is 0 Å². The summed E-state index contributed by atoms with van der Waals surface area (Å²) in [6, 6.07) is 8.89. The number of pyridine rings is 3. The highest BCUT2D eigenvalue weighted by Crippen LogP contribution is 2.19. The molecule has 30 heavy (non-hydrogen) atoms. The Hall–Kier alpha value is -2.33. The molecule has 1 aliphatic heterocycles. The Morgan fingerprint density at radius 1 is 1.07 bits per heavy atom. The fourth-order valence-corrected chi connectivity index (χ4v) is 4.97. The van der Waals surface area contributed by atoms with E-state index in [1.54, 1.807) is 6.20 Å². The summed E-state index contributed by atoms with van der Waals surface area (Å²) >= 11 is 5.76. The topological polar surface area (TPSA) is 91.3 Å². The maximum Gasteiger partial charge on any atom is 0.244 e. The summed E-state index contributed by atoms with van der Waals surface area (Å²) in [5, 5.41) is 4.68. The van der Waals surface area contributed by atoms with E-state index < -0.39 is 10.0 Å². The summed E-state index contributed by atoms with van der Waals surface area (Å²) in [5.41, 5.74) is 1.89. The molecule has 10 heteroatoms. The van der Waals surface area contributed by atoms with E-state index in [1.807, 2.05) is 25.1 Å². The second-order valence-corrected chi connectivity index (χ2v) is 9.47. The lowest BCUT2D eigenvalue weighted by molar-refractivity contribution is 0.194. The van der Waals surface area contributed by atoms with Gasteiger partial charge >= 0.3 is 0 Å². The van der Waals surface area contributed by atoms with Gasteiger partial charge in [-0.05, 0) is 37.3 Å². The number of aromatic nitrogens is 3. The van der Waals surface area contributed by atoms with Gasteiger partial charge in [-0.2, -0.15) is 4.31 Å². The number of halogens is 1. The monoisotopic (exact) mass is 446 g/mol. The zero-order chi connectivity index (χ0) is 21.1. The SMILES string of the molecule is Cc1nccc2nc(NCCN3CCN(S(=O)(=O)c4ccc(Cl)nc4)CC3)ccc12. The molecular weight excluding hydrogens is 424 g/mol. The van der Waals surface area contributed by atoms with E-state index >= 15 is 0 Å². The third-order valence-corrected chi connectivity index (χ3v) is 7.32. The lowest BCUT2D eigenvalue weighted by atomic mass is 10.2. The molecule has 4 rings (SSSR count). The van der Waals surface area contributed by atoms with Crippen molar-refractivity contribution in [2.45, 2.75) is 11.8 Å². The van der Waals surface area contributed by atoms with Crippen LogP contribution in [0.1, 0.15) is 5.69 Å². The average molecular weight is 447 g/mol. The van der Waals surface area contributed by atoms with Crippen molar-refractivity contribution < 1.29 is 8.42 Å². The molecule has 1 N–H and O–H groups in total. The maximum absolute atomic E-state index is 12.7. The van der Waals surface area contributed by atoms with E-state index in [9.17, 15) is 8.42 Å². The summed E-state index contributed by atoms with van der Waals surface area (Å²) in [7, 11) is -3.54. The Labute approximate surface area is 181 Å². The van der Waals surface area contributed by atoms with Crippen LogP contribution in [-0.4, -0.2) is 71.8 Å². The van der Waals surface area contributed by atoms with Crippen molar-refractivity contribution >= 4 is 38.3 Å². The van der Waals surface area contributed by atoms with Gasteiger partial charge in [0.2, 0.25) is 10.0 Å². The smallest absolute Gasteiger partial charge is 0.244 e. The van der Waals surface area contributed by atoms with Gasteiger partial charge < -0.3 is 5.32 Å². The molecule has 1 fully saturated rings. The zero-order valence-electron chi connectivity index (χ0n) is 16.6. The third kappa shape index (κ3) is 4.54. The molecule has 0 bridgehead atoms. The number of hydrogen-bond acceptors (Lipinski definition) is 7. The number of aryl methyl sites for hydroxylation is 1. The molecule has 0 aliphatic carbocycles. The Bertz CT molecular complexity index is 1130. The average Bonchev–Trinajstić information content (AvgIpc) is 2.75. The molecule has 0 spiro atoms. The minimum absolute atomic E-state index is 0.176. The van der Waals surface area contributed by atoms with E-state index in [2.05, 4.69) is 25.2 Å². The van der Waals surface area contributed by atoms with Crippen LogP contribution in [0.4, 0.5) is 5.82 Å². The first-order valence-electron chi connectivity index (χ1n) is 9.74. The summed E-state index contributed by atoms with van der Waals surface area (Å²) in [4.78, 5) is 15.2. The summed E-state index contributed by atoms with van der Waals surface area (Å²) in [5.74, 6) is 0.824. The standard InChI is InChI=1S/C20H23ClN6O2S/c1-15-17-3-5-20(25-18(17)6-7-22-15)23-8-9-26-10-12-27(13-11-26)30(28,29)16-2-4-19(21)24-14-16/h2-7,14H,8-13H2,1H3,(H,23,25). The highest BCUT2D eigenvalue weighted by molar-refractivity contribution is 7.89.